The molecule has 6 heteroatoms. The molecule has 1 unspecified atom stereocenters. The van der Waals surface area contributed by atoms with E-state index in [1.807, 2.05) is 14.0 Å². The molecule has 0 bridgehead atoms. The fraction of sp³-hybridized carbons (Fsp3) is 0.636. The summed E-state index contributed by atoms with van der Waals surface area (Å²) in [6.45, 7) is 6.08. The van der Waals surface area contributed by atoms with Crippen molar-refractivity contribution in [1.29, 1.82) is 0 Å². The lowest BCUT2D eigenvalue weighted by Crippen LogP contribution is -2.26. The Morgan fingerprint density at radius 3 is 2.82 bits per heavy atom. The third-order valence-corrected chi connectivity index (χ3v) is 3.28. The molecule has 6 nitrogen and oxygen atoms in total. The van der Waals surface area contributed by atoms with Crippen molar-refractivity contribution in [3.63, 3.8) is 0 Å². The molecule has 0 amide bonds. The van der Waals surface area contributed by atoms with Gasteiger partial charge in [-0.2, -0.15) is 5.10 Å². The number of oxime groups is 1. The molecule has 1 aliphatic heterocycles. The first-order valence-electron chi connectivity index (χ1n) is 5.81. The minimum Gasteiger partial charge on any atom is -0.409 e. The molecule has 0 aliphatic carbocycles. The average Bonchev–Trinajstić information content (AvgIpc) is 2.81. The number of aryl methyl sites for hydroxylation is 2. The molecule has 1 atom stereocenters. The van der Waals surface area contributed by atoms with Gasteiger partial charge in [-0.05, 0) is 19.3 Å². The molecule has 0 saturated carbocycles. The Labute approximate surface area is 101 Å². The van der Waals surface area contributed by atoms with Crippen LogP contribution in [-0.4, -0.2) is 33.9 Å². The molecule has 0 radical (unpaired) electrons. The van der Waals surface area contributed by atoms with Gasteiger partial charge in [0.2, 0.25) is 0 Å². The van der Waals surface area contributed by atoms with E-state index in [9.17, 15) is 0 Å². The number of rotatable bonds is 2. The second kappa shape index (κ2) is 4.27. The van der Waals surface area contributed by atoms with Crippen LogP contribution in [0, 0.1) is 12.8 Å². The summed E-state index contributed by atoms with van der Waals surface area (Å²) in [6, 6.07) is 0. The summed E-state index contributed by atoms with van der Waals surface area (Å²) in [4.78, 5) is 2.25. The smallest absolute Gasteiger partial charge is 0.175 e. The van der Waals surface area contributed by atoms with Crippen molar-refractivity contribution >= 4 is 11.7 Å². The van der Waals surface area contributed by atoms with E-state index >= 15 is 0 Å². The highest BCUT2D eigenvalue weighted by atomic mass is 16.4. The van der Waals surface area contributed by atoms with Crippen molar-refractivity contribution in [3.05, 3.63) is 11.3 Å². The first kappa shape index (κ1) is 11.8. The Hall–Kier alpha value is -1.72. The van der Waals surface area contributed by atoms with Gasteiger partial charge in [-0.25, -0.2) is 0 Å². The highest BCUT2D eigenvalue weighted by molar-refractivity contribution is 6.02. The molecular formula is C11H19N5O. The number of aromatic nitrogens is 2. The minimum absolute atomic E-state index is 0.130. The quantitative estimate of drug-likeness (QED) is 0.343. The fourth-order valence-electron chi connectivity index (χ4n) is 2.49. The molecule has 1 saturated heterocycles. The van der Waals surface area contributed by atoms with Crippen LogP contribution in [0.3, 0.4) is 0 Å². The van der Waals surface area contributed by atoms with Gasteiger partial charge in [0.1, 0.15) is 5.82 Å². The predicted octanol–water partition coefficient (Wildman–Crippen LogP) is 0.669. The highest BCUT2D eigenvalue weighted by Gasteiger charge is 2.27. The van der Waals surface area contributed by atoms with Crippen LogP contribution in [0.1, 0.15) is 24.6 Å². The molecule has 1 fully saturated rings. The zero-order valence-electron chi connectivity index (χ0n) is 10.5. The van der Waals surface area contributed by atoms with Crippen LogP contribution in [0.25, 0.3) is 0 Å². The zero-order valence-corrected chi connectivity index (χ0v) is 10.5. The maximum absolute atomic E-state index is 8.85. The van der Waals surface area contributed by atoms with Crippen molar-refractivity contribution in [2.24, 2.45) is 23.9 Å². The van der Waals surface area contributed by atoms with E-state index in [4.69, 9.17) is 10.9 Å². The van der Waals surface area contributed by atoms with Gasteiger partial charge in [-0.1, -0.05) is 12.1 Å². The Bertz CT molecular complexity index is 451. The first-order chi connectivity index (χ1) is 8.04. The summed E-state index contributed by atoms with van der Waals surface area (Å²) in [5, 5.41) is 16.3. The van der Waals surface area contributed by atoms with Gasteiger partial charge >= 0.3 is 0 Å². The van der Waals surface area contributed by atoms with E-state index in [0.29, 0.717) is 5.92 Å². The molecule has 3 N–H and O–H groups in total. The summed E-state index contributed by atoms with van der Waals surface area (Å²) < 4.78 is 1.81. The van der Waals surface area contributed by atoms with Gasteiger partial charge in [-0.15, -0.1) is 0 Å². The number of hydrogen-bond acceptors (Lipinski definition) is 4. The molecule has 0 spiro atoms. The fourth-order valence-corrected chi connectivity index (χ4v) is 2.49. The van der Waals surface area contributed by atoms with E-state index in [-0.39, 0.29) is 5.84 Å². The summed E-state index contributed by atoms with van der Waals surface area (Å²) >= 11 is 0. The molecule has 1 aromatic rings. The van der Waals surface area contributed by atoms with E-state index in [1.165, 1.54) is 6.42 Å². The minimum atomic E-state index is 0.130. The number of anilines is 1. The average molecular weight is 237 g/mol. The molecule has 17 heavy (non-hydrogen) atoms. The Morgan fingerprint density at radius 1 is 1.59 bits per heavy atom. The van der Waals surface area contributed by atoms with Crippen LogP contribution in [0.2, 0.25) is 0 Å². The van der Waals surface area contributed by atoms with Gasteiger partial charge in [0.25, 0.3) is 0 Å². The summed E-state index contributed by atoms with van der Waals surface area (Å²) in [6.07, 6.45) is 1.17. The van der Waals surface area contributed by atoms with Crippen LogP contribution in [0.5, 0.6) is 0 Å². The van der Waals surface area contributed by atoms with Crippen LogP contribution in [0.4, 0.5) is 5.82 Å². The third kappa shape index (κ3) is 1.94. The maximum atomic E-state index is 8.85. The Kier molecular flexibility index (Phi) is 2.95. The highest BCUT2D eigenvalue weighted by Crippen LogP contribution is 2.28. The van der Waals surface area contributed by atoms with Gasteiger partial charge in [0, 0.05) is 20.1 Å². The van der Waals surface area contributed by atoms with Crippen LogP contribution in [0.15, 0.2) is 5.16 Å². The number of amidine groups is 1. The first-order valence-corrected chi connectivity index (χ1v) is 5.81. The molecule has 2 rings (SSSR count). The van der Waals surface area contributed by atoms with Crippen LogP contribution < -0.4 is 10.6 Å². The molecular weight excluding hydrogens is 218 g/mol. The van der Waals surface area contributed by atoms with Gasteiger partial charge in [0.15, 0.2) is 5.84 Å². The van der Waals surface area contributed by atoms with Crippen LogP contribution in [-0.2, 0) is 7.05 Å². The number of hydrogen-bond donors (Lipinski definition) is 2. The largest absolute Gasteiger partial charge is 0.409 e. The zero-order chi connectivity index (χ0) is 12.6. The lowest BCUT2D eigenvalue weighted by molar-refractivity contribution is 0.318. The van der Waals surface area contributed by atoms with Gasteiger partial charge in [-0.3, -0.25) is 4.68 Å². The molecule has 1 aromatic heterocycles. The lowest BCUT2D eigenvalue weighted by Gasteiger charge is -2.19. The second-order valence-electron chi connectivity index (χ2n) is 4.73. The standard InChI is InChI=1S/C11H19N5O/c1-7-4-5-16(6-7)11-9(10(12)14-17)8(2)13-15(11)3/h7,17H,4-6H2,1-3H3,(H2,12,14). The van der Waals surface area contributed by atoms with Crippen molar-refractivity contribution in [2.45, 2.75) is 20.3 Å². The predicted molar refractivity (Wildman–Crippen MR) is 66.4 cm³/mol. The Balaban J connectivity index is 2.45. The normalized spacial score (nSPS) is 21.2. The lowest BCUT2D eigenvalue weighted by atomic mass is 10.2. The topological polar surface area (TPSA) is 79.7 Å². The summed E-state index contributed by atoms with van der Waals surface area (Å²) in [5.74, 6) is 1.75. The van der Waals surface area contributed by atoms with Gasteiger partial charge < -0.3 is 15.8 Å². The molecule has 2 heterocycles. The second-order valence-corrected chi connectivity index (χ2v) is 4.73. The van der Waals surface area contributed by atoms with Crippen molar-refractivity contribution in [3.8, 4) is 0 Å². The van der Waals surface area contributed by atoms with E-state index in [1.54, 1.807) is 4.68 Å². The monoisotopic (exact) mass is 237 g/mol. The maximum Gasteiger partial charge on any atom is 0.175 e. The van der Waals surface area contributed by atoms with Crippen molar-refractivity contribution in [1.82, 2.24) is 9.78 Å². The Morgan fingerprint density at radius 2 is 2.29 bits per heavy atom. The molecule has 1 aliphatic rings. The molecule has 94 valence electrons. The SMILES string of the molecule is Cc1nn(C)c(N2CCC(C)C2)c1C(N)=NO. The van der Waals surface area contributed by atoms with E-state index in [2.05, 4.69) is 22.1 Å². The third-order valence-electron chi connectivity index (χ3n) is 3.28. The van der Waals surface area contributed by atoms with Crippen molar-refractivity contribution < 1.29 is 5.21 Å². The van der Waals surface area contributed by atoms with E-state index in [0.717, 1.165) is 30.2 Å². The van der Waals surface area contributed by atoms with Gasteiger partial charge in [0.05, 0.1) is 11.3 Å². The van der Waals surface area contributed by atoms with Crippen molar-refractivity contribution in [2.75, 3.05) is 18.0 Å². The molecule has 0 aromatic carbocycles. The number of nitrogens with two attached hydrogens (primary N) is 1. The number of nitrogens with zero attached hydrogens (tertiary/aromatic N) is 4. The van der Waals surface area contributed by atoms with E-state index < -0.39 is 0 Å². The summed E-state index contributed by atoms with van der Waals surface area (Å²) in [5.41, 5.74) is 7.26. The van der Waals surface area contributed by atoms with Crippen LogP contribution >= 0.6 is 0 Å². The summed E-state index contributed by atoms with van der Waals surface area (Å²) in [7, 11) is 1.89.